The maximum absolute atomic E-state index is 4.49. The van der Waals surface area contributed by atoms with Crippen LogP contribution in [0.25, 0.3) is 0 Å². The lowest BCUT2D eigenvalue weighted by Crippen LogP contribution is -2.35. The molecule has 1 unspecified atom stereocenters. The third-order valence-corrected chi connectivity index (χ3v) is 4.18. The Labute approximate surface area is 123 Å². The van der Waals surface area contributed by atoms with Crippen molar-refractivity contribution < 1.29 is 0 Å². The Balaban J connectivity index is 2.26. The fourth-order valence-electron chi connectivity index (χ4n) is 3.08. The zero-order valence-electron chi connectivity index (χ0n) is 13.6. The lowest BCUT2D eigenvalue weighted by Gasteiger charge is -2.31. The fourth-order valence-corrected chi connectivity index (χ4v) is 3.08. The molecule has 20 heavy (non-hydrogen) atoms. The minimum Gasteiger partial charge on any atom is -0.368 e. The van der Waals surface area contributed by atoms with Gasteiger partial charge >= 0.3 is 0 Å². The summed E-state index contributed by atoms with van der Waals surface area (Å²) >= 11 is 0. The summed E-state index contributed by atoms with van der Waals surface area (Å²) in [5.41, 5.74) is 3.83. The van der Waals surface area contributed by atoms with Crippen LogP contribution in [0.1, 0.15) is 51.8 Å². The maximum Gasteiger partial charge on any atom is 0.0448 e. The van der Waals surface area contributed by atoms with Gasteiger partial charge in [0.1, 0.15) is 0 Å². The highest BCUT2D eigenvalue weighted by Crippen LogP contribution is 2.32. The summed E-state index contributed by atoms with van der Waals surface area (Å²) in [5, 5.41) is 3.52. The van der Waals surface area contributed by atoms with Gasteiger partial charge in [0.2, 0.25) is 0 Å². The molecule has 3 nitrogen and oxygen atoms in total. The molecule has 0 amide bonds. The number of hydrogen-bond donors (Lipinski definition) is 1. The summed E-state index contributed by atoms with van der Waals surface area (Å²) < 4.78 is 0. The van der Waals surface area contributed by atoms with Crippen LogP contribution in [0.5, 0.6) is 0 Å². The minimum atomic E-state index is 0.503. The highest BCUT2D eigenvalue weighted by Gasteiger charge is 2.28. The van der Waals surface area contributed by atoms with Crippen molar-refractivity contribution in [2.75, 3.05) is 11.4 Å². The van der Waals surface area contributed by atoms with E-state index >= 15 is 0 Å². The third kappa shape index (κ3) is 3.51. The number of anilines is 1. The molecule has 2 rings (SSSR count). The molecule has 0 radical (unpaired) electrons. The molecule has 1 aliphatic rings. The molecule has 0 bridgehead atoms. The normalized spacial score (nSPS) is 19.4. The van der Waals surface area contributed by atoms with Gasteiger partial charge in [0.25, 0.3) is 0 Å². The molecule has 1 N–H and O–H groups in total. The standard InChI is InChI=1S/C17H29N3/c1-12(2)16-7-6-8-20(16)17-9-14(5)19-11-15(17)10-18-13(3)4/h9,11-13,16,18H,6-8,10H2,1-5H3. The van der Waals surface area contributed by atoms with Crippen LogP contribution in [-0.4, -0.2) is 23.6 Å². The SMILES string of the molecule is Cc1cc(N2CCCC2C(C)C)c(CNC(C)C)cn1. The van der Waals surface area contributed by atoms with Crippen molar-refractivity contribution in [2.45, 2.75) is 66.1 Å². The molecule has 0 spiro atoms. The number of nitrogens with zero attached hydrogens (tertiary/aromatic N) is 2. The van der Waals surface area contributed by atoms with Crippen molar-refractivity contribution in [1.29, 1.82) is 0 Å². The number of hydrogen-bond acceptors (Lipinski definition) is 3. The first kappa shape index (κ1) is 15.3. The fraction of sp³-hybridized carbons (Fsp3) is 0.706. The van der Waals surface area contributed by atoms with Crippen LogP contribution in [-0.2, 0) is 6.54 Å². The Bertz CT molecular complexity index is 440. The van der Waals surface area contributed by atoms with Gasteiger partial charge in [-0.3, -0.25) is 4.98 Å². The Morgan fingerprint density at radius 2 is 2.10 bits per heavy atom. The molecule has 1 aromatic heterocycles. The Morgan fingerprint density at radius 1 is 1.35 bits per heavy atom. The van der Waals surface area contributed by atoms with Gasteiger partial charge < -0.3 is 10.2 Å². The van der Waals surface area contributed by atoms with Gasteiger partial charge in [-0.25, -0.2) is 0 Å². The van der Waals surface area contributed by atoms with E-state index in [1.165, 1.54) is 30.6 Å². The molecular formula is C17H29N3. The maximum atomic E-state index is 4.49. The van der Waals surface area contributed by atoms with Crippen molar-refractivity contribution in [3.8, 4) is 0 Å². The molecule has 1 saturated heterocycles. The van der Waals surface area contributed by atoms with Crippen molar-refractivity contribution in [3.05, 3.63) is 23.5 Å². The van der Waals surface area contributed by atoms with E-state index in [9.17, 15) is 0 Å². The monoisotopic (exact) mass is 275 g/mol. The summed E-state index contributed by atoms with van der Waals surface area (Å²) in [6, 6.07) is 3.44. The van der Waals surface area contributed by atoms with Crippen molar-refractivity contribution in [1.82, 2.24) is 10.3 Å². The Hall–Kier alpha value is -1.09. The second-order valence-corrected chi connectivity index (χ2v) is 6.64. The van der Waals surface area contributed by atoms with E-state index in [2.05, 4.69) is 62.1 Å². The first-order valence-corrected chi connectivity index (χ1v) is 7.94. The van der Waals surface area contributed by atoms with Gasteiger partial charge in [0, 0.05) is 48.3 Å². The molecule has 112 valence electrons. The number of aromatic nitrogens is 1. The predicted molar refractivity (Wildman–Crippen MR) is 86.2 cm³/mol. The number of nitrogens with one attached hydrogen (secondary N) is 1. The van der Waals surface area contributed by atoms with E-state index in [0.29, 0.717) is 18.0 Å². The van der Waals surface area contributed by atoms with Gasteiger partial charge in [-0.05, 0) is 31.7 Å². The summed E-state index contributed by atoms with van der Waals surface area (Å²) in [5.74, 6) is 0.705. The molecule has 0 aliphatic carbocycles. The quantitative estimate of drug-likeness (QED) is 0.891. The summed E-state index contributed by atoms with van der Waals surface area (Å²) in [7, 11) is 0. The molecule has 0 aromatic carbocycles. The van der Waals surface area contributed by atoms with E-state index in [1.807, 2.05) is 0 Å². The molecule has 1 aromatic rings. The third-order valence-electron chi connectivity index (χ3n) is 4.18. The van der Waals surface area contributed by atoms with Crippen LogP contribution in [0.15, 0.2) is 12.3 Å². The van der Waals surface area contributed by atoms with Gasteiger partial charge in [-0.2, -0.15) is 0 Å². The molecule has 2 heterocycles. The lowest BCUT2D eigenvalue weighted by molar-refractivity contribution is 0.490. The van der Waals surface area contributed by atoms with E-state index in [1.54, 1.807) is 0 Å². The molecule has 1 fully saturated rings. The van der Waals surface area contributed by atoms with Crippen molar-refractivity contribution in [3.63, 3.8) is 0 Å². The topological polar surface area (TPSA) is 28.2 Å². The molecule has 3 heteroatoms. The van der Waals surface area contributed by atoms with Gasteiger partial charge in [0.15, 0.2) is 0 Å². The molecule has 0 saturated carbocycles. The summed E-state index contributed by atoms with van der Waals surface area (Å²) in [4.78, 5) is 7.10. The summed E-state index contributed by atoms with van der Waals surface area (Å²) in [6.07, 6.45) is 4.67. The van der Waals surface area contributed by atoms with Gasteiger partial charge in [0.05, 0.1) is 0 Å². The highest BCUT2D eigenvalue weighted by atomic mass is 15.2. The van der Waals surface area contributed by atoms with E-state index in [-0.39, 0.29) is 0 Å². The van der Waals surface area contributed by atoms with Crippen LogP contribution in [0.3, 0.4) is 0 Å². The van der Waals surface area contributed by atoms with Crippen LogP contribution in [0.2, 0.25) is 0 Å². The average Bonchev–Trinajstić information content (AvgIpc) is 2.86. The van der Waals surface area contributed by atoms with E-state index in [0.717, 1.165) is 12.2 Å². The van der Waals surface area contributed by atoms with Crippen molar-refractivity contribution in [2.24, 2.45) is 5.92 Å². The van der Waals surface area contributed by atoms with E-state index < -0.39 is 0 Å². The molecular weight excluding hydrogens is 246 g/mol. The number of pyridine rings is 1. The second-order valence-electron chi connectivity index (χ2n) is 6.64. The second kappa shape index (κ2) is 6.57. The van der Waals surface area contributed by atoms with E-state index in [4.69, 9.17) is 0 Å². The highest BCUT2D eigenvalue weighted by molar-refractivity contribution is 5.55. The van der Waals surface area contributed by atoms with Crippen LogP contribution in [0.4, 0.5) is 5.69 Å². The number of rotatable bonds is 5. The zero-order chi connectivity index (χ0) is 14.7. The predicted octanol–water partition coefficient (Wildman–Crippen LogP) is 3.51. The molecule has 1 atom stereocenters. The van der Waals surface area contributed by atoms with Crippen LogP contribution < -0.4 is 10.2 Å². The van der Waals surface area contributed by atoms with Crippen LogP contribution >= 0.6 is 0 Å². The average molecular weight is 275 g/mol. The van der Waals surface area contributed by atoms with Gasteiger partial charge in [-0.1, -0.05) is 27.7 Å². The minimum absolute atomic E-state index is 0.503. The molecule has 1 aliphatic heterocycles. The van der Waals surface area contributed by atoms with Crippen LogP contribution in [0, 0.1) is 12.8 Å². The smallest absolute Gasteiger partial charge is 0.0448 e. The zero-order valence-corrected chi connectivity index (χ0v) is 13.6. The van der Waals surface area contributed by atoms with Crippen molar-refractivity contribution >= 4 is 5.69 Å². The first-order valence-electron chi connectivity index (χ1n) is 7.94. The number of aryl methyl sites for hydroxylation is 1. The Kier molecular flexibility index (Phi) is 5.03. The Morgan fingerprint density at radius 3 is 2.75 bits per heavy atom. The first-order chi connectivity index (χ1) is 9.49. The largest absolute Gasteiger partial charge is 0.368 e. The van der Waals surface area contributed by atoms with Gasteiger partial charge in [-0.15, -0.1) is 0 Å². The lowest BCUT2D eigenvalue weighted by atomic mass is 10.0. The summed E-state index contributed by atoms with van der Waals surface area (Å²) in [6.45, 7) is 13.2.